The van der Waals surface area contributed by atoms with Crippen LogP contribution in [0.3, 0.4) is 0 Å². The van der Waals surface area contributed by atoms with Crippen LogP contribution >= 0.6 is 15.9 Å². The molecule has 1 aliphatic rings. The standard InChI is InChI=1S/C10H17BrF3NO/c11-6-9-2-1-3-15(7-9)4-5-16-8-10(12,13)14/h9H,1-8H2. The van der Waals surface area contributed by atoms with Crippen molar-refractivity contribution in [2.75, 3.05) is 38.2 Å². The summed E-state index contributed by atoms with van der Waals surface area (Å²) in [6, 6.07) is 0. The average Bonchev–Trinajstić information content (AvgIpc) is 2.23. The molecule has 96 valence electrons. The lowest BCUT2D eigenvalue weighted by Gasteiger charge is -2.31. The van der Waals surface area contributed by atoms with E-state index in [1.807, 2.05) is 0 Å². The Kier molecular flexibility index (Phi) is 6.07. The minimum Gasteiger partial charge on any atom is -0.371 e. The predicted molar refractivity (Wildman–Crippen MR) is 59.8 cm³/mol. The van der Waals surface area contributed by atoms with Crippen LogP contribution < -0.4 is 0 Å². The molecular weight excluding hydrogens is 287 g/mol. The fourth-order valence-corrected chi connectivity index (χ4v) is 2.39. The van der Waals surface area contributed by atoms with Crippen LogP contribution in [0.25, 0.3) is 0 Å². The molecule has 0 radical (unpaired) electrons. The van der Waals surface area contributed by atoms with Crippen LogP contribution in [0.2, 0.25) is 0 Å². The highest BCUT2D eigenvalue weighted by Crippen LogP contribution is 2.18. The number of rotatable bonds is 5. The fraction of sp³-hybridized carbons (Fsp3) is 1.00. The minimum atomic E-state index is -4.21. The Labute approximate surface area is 102 Å². The number of nitrogens with zero attached hydrogens (tertiary/aromatic N) is 1. The number of hydrogen-bond donors (Lipinski definition) is 0. The van der Waals surface area contributed by atoms with Crippen molar-refractivity contribution in [3.05, 3.63) is 0 Å². The van der Waals surface area contributed by atoms with Crippen molar-refractivity contribution in [3.63, 3.8) is 0 Å². The molecule has 1 saturated heterocycles. The van der Waals surface area contributed by atoms with Crippen molar-refractivity contribution in [2.24, 2.45) is 5.92 Å². The number of halogens is 4. The molecule has 1 unspecified atom stereocenters. The average molecular weight is 304 g/mol. The third-order valence-corrected chi connectivity index (χ3v) is 3.55. The zero-order valence-corrected chi connectivity index (χ0v) is 10.7. The van der Waals surface area contributed by atoms with Gasteiger partial charge in [-0.1, -0.05) is 15.9 Å². The molecule has 16 heavy (non-hydrogen) atoms. The summed E-state index contributed by atoms with van der Waals surface area (Å²) >= 11 is 3.44. The molecule has 6 heteroatoms. The molecule has 0 aromatic rings. The lowest BCUT2D eigenvalue weighted by molar-refractivity contribution is -0.174. The summed E-state index contributed by atoms with van der Waals surface area (Å²) in [5.41, 5.74) is 0. The summed E-state index contributed by atoms with van der Waals surface area (Å²) in [7, 11) is 0. The minimum absolute atomic E-state index is 0.161. The van der Waals surface area contributed by atoms with Crippen LogP contribution in [0.4, 0.5) is 13.2 Å². The monoisotopic (exact) mass is 303 g/mol. The summed E-state index contributed by atoms with van der Waals surface area (Å²) < 4.78 is 40.0. The molecule has 0 spiro atoms. The molecule has 1 heterocycles. The number of alkyl halides is 4. The van der Waals surface area contributed by atoms with E-state index in [0.29, 0.717) is 12.5 Å². The predicted octanol–water partition coefficient (Wildman–Crippen LogP) is 2.67. The van der Waals surface area contributed by atoms with Crippen LogP contribution in [0.15, 0.2) is 0 Å². The van der Waals surface area contributed by atoms with Crippen molar-refractivity contribution in [1.82, 2.24) is 4.90 Å². The first kappa shape index (κ1) is 14.3. The van der Waals surface area contributed by atoms with E-state index < -0.39 is 12.8 Å². The zero-order chi connectivity index (χ0) is 12.0. The second-order valence-corrected chi connectivity index (χ2v) is 4.78. The normalized spacial score (nSPS) is 23.6. The lowest BCUT2D eigenvalue weighted by Crippen LogP contribution is -2.38. The number of likely N-dealkylation sites (tertiary alicyclic amines) is 1. The molecule has 1 atom stereocenters. The van der Waals surface area contributed by atoms with Crippen LogP contribution in [0, 0.1) is 5.92 Å². The molecule has 0 bridgehead atoms. The van der Waals surface area contributed by atoms with Gasteiger partial charge in [0.1, 0.15) is 6.61 Å². The first-order valence-electron chi connectivity index (χ1n) is 5.44. The number of piperidine rings is 1. The highest BCUT2D eigenvalue weighted by molar-refractivity contribution is 9.09. The first-order chi connectivity index (χ1) is 7.51. The third kappa shape index (κ3) is 6.06. The third-order valence-electron chi connectivity index (χ3n) is 2.64. The molecule has 2 nitrogen and oxygen atoms in total. The second kappa shape index (κ2) is 6.81. The smallest absolute Gasteiger partial charge is 0.371 e. The topological polar surface area (TPSA) is 12.5 Å². The Morgan fingerprint density at radius 3 is 2.75 bits per heavy atom. The molecule has 0 aromatic heterocycles. The zero-order valence-electron chi connectivity index (χ0n) is 9.10. The quantitative estimate of drug-likeness (QED) is 0.572. The van der Waals surface area contributed by atoms with E-state index in [9.17, 15) is 13.2 Å². The maximum atomic E-state index is 11.8. The Hall–Kier alpha value is 0.190. The molecule has 1 rings (SSSR count). The van der Waals surface area contributed by atoms with Gasteiger partial charge in [-0.3, -0.25) is 0 Å². The van der Waals surface area contributed by atoms with Gasteiger partial charge >= 0.3 is 6.18 Å². The highest BCUT2D eigenvalue weighted by atomic mass is 79.9. The lowest BCUT2D eigenvalue weighted by atomic mass is 10.0. The van der Waals surface area contributed by atoms with Crippen molar-refractivity contribution >= 4 is 15.9 Å². The molecule has 0 aromatic carbocycles. The Bertz CT molecular complexity index is 201. The molecule has 1 aliphatic heterocycles. The van der Waals surface area contributed by atoms with Crippen LogP contribution in [-0.2, 0) is 4.74 Å². The van der Waals surface area contributed by atoms with E-state index in [1.165, 1.54) is 6.42 Å². The van der Waals surface area contributed by atoms with Crippen molar-refractivity contribution in [2.45, 2.75) is 19.0 Å². The van der Waals surface area contributed by atoms with Crippen molar-refractivity contribution in [3.8, 4) is 0 Å². The first-order valence-corrected chi connectivity index (χ1v) is 6.56. The molecule has 0 aliphatic carbocycles. The van der Waals surface area contributed by atoms with Crippen LogP contribution in [0.5, 0.6) is 0 Å². The fourth-order valence-electron chi connectivity index (χ4n) is 1.86. The van der Waals surface area contributed by atoms with Gasteiger partial charge in [0.15, 0.2) is 0 Å². The van der Waals surface area contributed by atoms with Gasteiger partial charge in [0.25, 0.3) is 0 Å². The van der Waals surface area contributed by atoms with Gasteiger partial charge < -0.3 is 9.64 Å². The molecule has 1 fully saturated rings. The van der Waals surface area contributed by atoms with Gasteiger partial charge in [-0.25, -0.2) is 0 Å². The van der Waals surface area contributed by atoms with Gasteiger partial charge in [0, 0.05) is 18.4 Å². The van der Waals surface area contributed by atoms with Gasteiger partial charge in [-0.05, 0) is 25.3 Å². The molecular formula is C10H17BrF3NO. The summed E-state index contributed by atoms with van der Waals surface area (Å²) in [5.74, 6) is 0.622. The summed E-state index contributed by atoms with van der Waals surface area (Å²) in [5, 5.41) is 0.965. The highest BCUT2D eigenvalue weighted by Gasteiger charge is 2.27. The Morgan fingerprint density at radius 1 is 1.38 bits per heavy atom. The van der Waals surface area contributed by atoms with Crippen molar-refractivity contribution in [1.29, 1.82) is 0 Å². The van der Waals surface area contributed by atoms with E-state index in [-0.39, 0.29) is 6.61 Å². The molecule has 0 amide bonds. The van der Waals surface area contributed by atoms with E-state index in [1.54, 1.807) is 0 Å². The molecule has 0 N–H and O–H groups in total. The summed E-state index contributed by atoms with van der Waals surface area (Å²) in [6.45, 7) is 1.55. The van der Waals surface area contributed by atoms with Crippen LogP contribution in [-0.4, -0.2) is 49.3 Å². The summed E-state index contributed by atoms with van der Waals surface area (Å²) in [6.07, 6.45) is -1.89. The maximum absolute atomic E-state index is 11.8. The summed E-state index contributed by atoms with van der Waals surface area (Å²) in [4.78, 5) is 2.17. The van der Waals surface area contributed by atoms with Gasteiger partial charge in [-0.15, -0.1) is 0 Å². The largest absolute Gasteiger partial charge is 0.411 e. The van der Waals surface area contributed by atoms with E-state index >= 15 is 0 Å². The van der Waals surface area contributed by atoms with E-state index in [2.05, 4.69) is 25.6 Å². The Balaban J connectivity index is 2.08. The van der Waals surface area contributed by atoms with E-state index in [0.717, 1.165) is 24.8 Å². The Morgan fingerprint density at radius 2 is 2.12 bits per heavy atom. The van der Waals surface area contributed by atoms with Gasteiger partial charge in [0.2, 0.25) is 0 Å². The molecule has 0 saturated carbocycles. The van der Waals surface area contributed by atoms with Crippen molar-refractivity contribution < 1.29 is 17.9 Å². The van der Waals surface area contributed by atoms with Gasteiger partial charge in [-0.2, -0.15) is 13.2 Å². The maximum Gasteiger partial charge on any atom is 0.411 e. The van der Waals surface area contributed by atoms with Crippen LogP contribution in [0.1, 0.15) is 12.8 Å². The SMILES string of the molecule is FC(F)(F)COCCN1CCCC(CBr)C1. The van der Waals surface area contributed by atoms with Gasteiger partial charge in [0.05, 0.1) is 6.61 Å². The van der Waals surface area contributed by atoms with E-state index in [4.69, 9.17) is 0 Å². The second-order valence-electron chi connectivity index (χ2n) is 4.13. The number of hydrogen-bond acceptors (Lipinski definition) is 2. The number of ether oxygens (including phenoxy) is 1.